The maximum atomic E-state index is 13.9. The number of carbonyl (C=O) groups excluding carboxylic acids is 1. The van der Waals surface area contributed by atoms with E-state index in [0.29, 0.717) is 10.6 Å². The van der Waals surface area contributed by atoms with Gasteiger partial charge in [-0.2, -0.15) is 18.9 Å². The van der Waals surface area contributed by atoms with E-state index in [9.17, 15) is 52.9 Å². The van der Waals surface area contributed by atoms with Gasteiger partial charge >= 0.3 is 11.9 Å². The number of amides is 1. The number of fused-ring (bicyclic) bond motifs is 1. The fourth-order valence-corrected chi connectivity index (χ4v) is 9.17. The molecule has 1 atom stereocenters. The summed E-state index contributed by atoms with van der Waals surface area (Å²) in [7, 11) is -4.20. The predicted octanol–water partition coefficient (Wildman–Crippen LogP) is 1.29. The van der Waals surface area contributed by atoms with Crippen LogP contribution in [0.3, 0.4) is 0 Å². The van der Waals surface area contributed by atoms with Gasteiger partial charge in [0, 0.05) is 11.4 Å². The molecular weight excluding hydrogens is 679 g/mol. The second-order valence-electron chi connectivity index (χ2n) is 10.4. The molecule has 3 N–H and O–H groups in total. The van der Waals surface area contributed by atoms with Crippen molar-refractivity contribution in [1.82, 2.24) is 9.47 Å². The Hall–Kier alpha value is -4.07. The summed E-state index contributed by atoms with van der Waals surface area (Å²) < 4.78 is 33.0. The fourth-order valence-electron chi connectivity index (χ4n) is 4.80. The predicted molar refractivity (Wildman–Crippen MR) is 171 cm³/mol. The van der Waals surface area contributed by atoms with E-state index in [1.807, 2.05) is 43.0 Å². The lowest BCUT2D eigenvalue weighted by atomic mass is 10.0. The highest BCUT2D eigenvalue weighted by molar-refractivity contribution is 8.10. The Balaban J connectivity index is 1.96. The van der Waals surface area contributed by atoms with Gasteiger partial charge in [-0.3, -0.25) is 28.3 Å². The van der Waals surface area contributed by atoms with Gasteiger partial charge in [-0.15, -0.1) is 11.3 Å². The van der Waals surface area contributed by atoms with Gasteiger partial charge in [0.25, 0.3) is 21.6 Å². The van der Waals surface area contributed by atoms with Crippen LogP contribution in [0.4, 0.5) is 5.69 Å². The molecular formula is C28H27N5O9S4. The lowest BCUT2D eigenvalue weighted by Gasteiger charge is -2.21. The van der Waals surface area contributed by atoms with Crippen LogP contribution in [0, 0.1) is 34.5 Å². The summed E-state index contributed by atoms with van der Waals surface area (Å²) in [5.41, 5.74) is 0.593. The summed E-state index contributed by atoms with van der Waals surface area (Å²) >= 11 is 2.97. The van der Waals surface area contributed by atoms with Gasteiger partial charge in [0.05, 0.1) is 33.1 Å². The van der Waals surface area contributed by atoms with E-state index >= 15 is 0 Å². The first-order valence-electron chi connectivity index (χ1n) is 13.6. The van der Waals surface area contributed by atoms with Crippen LogP contribution in [-0.4, -0.2) is 74.7 Å². The number of carboxylic acid groups (broad SMARTS) is 2. The summed E-state index contributed by atoms with van der Waals surface area (Å²) in [6, 6.07) is 10.9. The van der Waals surface area contributed by atoms with Crippen molar-refractivity contribution in [2.24, 2.45) is 11.8 Å². The lowest BCUT2D eigenvalue weighted by Crippen LogP contribution is -2.40. The highest BCUT2D eigenvalue weighted by Crippen LogP contribution is 2.46. The first-order valence-corrected chi connectivity index (χ1v) is 17.7. The van der Waals surface area contributed by atoms with Crippen LogP contribution in [0.25, 0.3) is 10.5 Å². The Morgan fingerprint density at radius 2 is 1.74 bits per heavy atom. The van der Waals surface area contributed by atoms with E-state index in [1.54, 1.807) is 18.2 Å². The average Bonchev–Trinajstić information content (AvgIpc) is 3.58. The molecule has 2 aliphatic rings. The summed E-state index contributed by atoms with van der Waals surface area (Å²) in [5, 5.41) is 37.5. The maximum absolute atomic E-state index is 13.9. The molecule has 1 saturated heterocycles. The van der Waals surface area contributed by atoms with Crippen molar-refractivity contribution in [3.8, 4) is 12.1 Å². The van der Waals surface area contributed by atoms with Gasteiger partial charge in [-0.05, 0) is 36.1 Å². The van der Waals surface area contributed by atoms with Gasteiger partial charge in [0.15, 0.2) is 5.92 Å². The molecule has 46 heavy (non-hydrogen) atoms. The zero-order valence-corrected chi connectivity index (χ0v) is 27.6. The number of anilines is 1. The number of aromatic nitrogens is 1. The number of hydrogen-bond donors (Lipinski definition) is 3. The van der Waals surface area contributed by atoms with Gasteiger partial charge in [-0.25, -0.2) is 0 Å². The molecule has 0 saturated carbocycles. The molecule has 1 fully saturated rings. The quantitative estimate of drug-likeness (QED) is 0.281. The third-order valence-electron chi connectivity index (χ3n) is 6.82. The number of thioether (sulfide) groups is 2. The van der Waals surface area contributed by atoms with E-state index in [1.165, 1.54) is 11.8 Å². The first kappa shape index (κ1) is 34.8. The van der Waals surface area contributed by atoms with Crippen LogP contribution >= 0.6 is 34.9 Å². The monoisotopic (exact) mass is 705 g/mol. The number of nitriles is 2. The third kappa shape index (κ3) is 7.48. The van der Waals surface area contributed by atoms with Gasteiger partial charge in [0.1, 0.15) is 28.0 Å². The Kier molecular flexibility index (Phi) is 10.7. The summed E-state index contributed by atoms with van der Waals surface area (Å²) in [6.07, 6.45) is 1.86. The largest absolute Gasteiger partial charge is 0.480 e. The van der Waals surface area contributed by atoms with Gasteiger partial charge in [0.2, 0.25) is 0 Å². The molecule has 2 aliphatic heterocycles. The average molecular weight is 706 g/mol. The third-order valence-corrected chi connectivity index (χ3v) is 11.5. The molecule has 0 spiro atoms. The van der Waals surface area contributed by atoms with Crippen LogP contribution < -0.4 is 19.7 Å². The molecule has 2 aromatic rings. The highest BCUT2D eigenvalue weighted by atomic mass is 32.2. The molecule has 242 valence electrons. The van der Waals surface area contributed by atoms with Crippen molar-refractivity contribution < 1.29 is 37.6 Å². The fraction of sp³-hybridized carbons (Fsp3) is 0.357. The number of aliphatic carboxylic acids is 2. The number of nitrogens with zero attached hydrogens (tertiary/aromatic N) is 5. The number of para-hydroxylation sites is 1. The van der Waals surface area contributed by atoms with Crippen molar-refractivity contribution in [2.75, 3.05) is 23.7 Å². The van der Waals surface area contributed by atoms with Gasteiger partial charge in [-0.1, -0.05) is 49.5 Å². The van der Waals surface area contributed by atoms with Crippen molar-refractivity contribution in [2.45, 2.75) is 37.1 Å². The minimum atomic E-state index is -4.20. The number of carbonyl (C=O) groups is 3. The Bertz CT molecular complexity index is 1990. The van der Waals surface area contributed by atoms with Crippen LogP contribution in [0.15, 0.2) is 45.1 Å². The number of hydrogen-bond acceptors (Lipinski definition) is 12. The molecule has 0 aliphatic carbocycles. The zero-order chi connectivity index (χ0) is 33.9. The number of thiazole rings is 1. The van der Waals surface area contributed by atoms with Crippen LogP contribution in [0.1, 0.15) is 20.3 Å². The normalized spacial score (nSPS) is 19.1. The van der Waals surface area contributed by atoms with Crippen molar-refractivity contribution in [1.29, 1.82) is 10.5 Å². The molecule has 0 bridgehead atoms. The summed E-state index contributed by atoms with van der Waals surface area (Å²) in [5.74, 6) is -5.77. The summed E-state index contributed by atoms with van der Waals surface area (Å²) in [4.78, 5) is 54.2. The molecule has 1 amide bonds. The molecule has 1 aromatic heterocycles. The van der Waals surface area contributed by atoms with E-state index in [0.717, 1.165) is 43.1 Å². The molecule has 3 heterocycles. The molecule has 4 rings (SSSR count). The number of rotatable bonds is 11. The standard InChI is InChI=1S/C28H27N5O9S4/c1-15(2)17(10-20-31(8-5-9-46(40,41)42)18-6-3-4-7-19(18)43-20)23-25(38)33(14-22(36)37)28(44-23)24-26(39)32(13-21(34)35)27(45-24)16(11-29)12-30/h3-4,6-7,10,15-16,27H,5,8-9,13-14H2,1-2H3,(H,34,35)(H,36,37)(H,40,41,42). The number of carboxylic acids is 2. The van der Waals surface area contributed by atoms with E-state index in [4.69, 9.17) is 0 Å². The van der Waals surface area contributed by atoms with E-state index in [2.05, 4.69) is 0 Å². The second-order valence-corrected chi connectivity index (χ2v) is 15.1. The number of allylic oxidation sites excluding steroid dienone is 1. The smallest absolute Gasteiger partial charge is 0.323 e. The van der Waals surface area contributed by atoms with Gasteiger partial charge < -0.3 is 20.0 Å². The van der Waals surface area contributed by atoms with Crippen LogP contribution in [-0.2, 0) is 31.0 Å². The van der Waals surface area contributed by atoms with Crippen molar-refractivity contribution in [3.63, 3.8) is 0 Å². The lowest BCUT2D eigenvalue weighted by molar-refractivity contribution is -0.142. The molecule has 1 aromatic carbocycles. The zero-order valence-electron chi connectivity index (χ0n) is 24.3. The highest BCUT2D eigenvalue weighted by Gasteiger charge is 2.43. The first-order chi connectivity index (χ1) is 21.7. The molecule has 14 nitrogen and oxygen atoms in total. The molecule has 18 heteroatoms. The van der Waals surface area contributed by atoms with Crippen LogP contribution in [0.2, 0.25) is 0 Å². The minimum absolute atomic E-state index is 0.0474. The van der Waals surface area contributed by atoms with Crippen molar-refractivity contribution in [3.05, 3.63) is 54.9 Å². The van der Waals surface area contributed by atoms with E-state index in [-0.39, 0.29) is 33.0 Å². The topological polar surface area (TPSA) is 222 Å². The SMILES string of the molecule is CC(C)C(C=C1Sc2ccccc2N1CCCS(=O)(=O)O)=c1sc(=C2SC(C(C#N)C#N)N(CC(=O)O)C2=O)n(CC(=O)O)c1=O. The second kappa shape index (κ2) is 14.1. The van der Waals surface area contributed by atoms with E-state index < -0.39 is 63.7 Å². The Labute approximate surface area is 275 Å². The summed E-state index contributed by atoms with van der Waals surface area (Å²) in [6.45, 7) is 2.24. The minimum Gasteiger partial charge on any atom is -0.480 e. The molecule has 1 unspecified atom stereocenters. The Morgan fingerprint density at radius 1 is 1.09 bits per heavy atom. The maximum Gasteiger partial charge on any atom is 0.323 e. The molecule has 0 radical (unpaired) electrons. The van der Waals surface area contributed by atoms with Crippen LogP contribution in [0.5, 0.6) is 0 Å². The van der Waals surface area contributed by atoms with Crippen molar-refractivity contribution >= 4 is 79.0 Å². The Morgan fingerprint density at radius 3 is 2.33 bits per heavy atom. The number of benzene rings is 1.